The smallest absolute Gasteiger partial charge is 0.155 e. The lowest BCUT2D eigenvalue weighted by atomic mass is 10.3. The Hall–Kier alpha value is -1.14. The molecular weight excluding hydrogens is 242 g/mol. The predicted octanol–water partition coefficient (Wildman–Crippen LogP) is 0.776. The number of sulfone groups is 1. The molecule has 0 atom stereocenters. The molecule has 0 fully saturated rings. The molecule has 0 spiro atoms. The highest BCUT2D eigenvalue weighted by atomic mass is 32.2. The van der Waals surface area contributed by atoms with Crippen molar-refractivity contribution in [3.05, 3.63) is 24.0 Å². The highest BCUT2D eigenvalue weighted by Gasteiger charge is 2.15. The van der Waals surface area contributed by atoms with Crippen molar-refractivity contribution < 1.29 is 18.3 Å². The minimum Gasteiger partial charge on any atom is -0.491 e. The minimum atomic E-state index is -3.07. The Kier molecular flexibility index (Phi) is 4.89. The average molecular weight is 259 g/mol. The van der Waals surface area contributed by atoms with E-state index in [0.29, 0.717) is 11.4 Å². The van der Waals surface area contributed by atoms with Crippen LogP contribution in [0.1, 0.15) is 19.5 Å². The van der Waals surface area contributed by atoms with Gasteiger partial charge in [-0.2, -0.15) is 0 Å². The molecule has 1 heterocycles. The maximum atomic E-state index is 11.5. The number of nitrogens with zero attached hydrogens (tertiary/aromatic N) is 1. The lowest BCUT2D eigenvalue weighted by Crippen LogP contribution is -2.22. The van der Waals surface area contributed by atoms with Gasteiger partial charge in [-0.25, -0.2) is 8.42 Å². The summed E-state index contributed by atoms with van der Waals surface area (Å²) >= 11 is 0. The second kappa shape index (κ2) is 5.97. The van der Waals surface area contributed by atoms with Gasteiger partial charge in [0, 0.05) is 0 Å². The van der Waals surface area contributed by atoms with Crippen LogP contribution >= 0.6 is 0 Å². The van der Waals surface area contributed by atoms with Crippen molar-refractivity contribution >= 4 is 9.84 Å². The predicted molar refractivity (Wildman–Crippen MR) is 64.6 cm³/mol. The molecule has 0 aliphatic carbocycles. The summed E-state index contributed by atoms with van der Waals surface area (Å²) in [4.78, 5) is 3.92. The standard InChI is InChI=1S/C11H17NO4S/c1-9(2)17(14,15)6-5-16-11-4-3-10(8-13)12-7-11/h3-4,7,9,13H,5-6,8H2,1-2H3. The number of aromatic nitrogens is 1. The van der Waals surface area contributed by atoms with Crippen molar-refractivity contribution in [2.24, 2.45) is 0 Å². The molecule has 0 saturated carbocycles. The number of hydrogen-bond donors (Lipinski definition) is 1. The highest BCUT2D eigenvalue weighted by Crippen LogP contribution is 2.09. The first-order valence-corrected chi connectivity index (χ1v) is 7.07. The number of aliphatic hydroxyl groups is 1. The Bertz CT molecular complexity index is 439. The Balaban J connectivity index is 2.46. The topological polar surface area (TPSA) is 76.5 Å². The van der Waals surface area contributed by atoms with Gasteiger partial charge in [-0.05, 0) is 26.0 Å². The van der Waals surface area contributed by atoms with Crippen molar-refractivity contribution in [3.63, 3.8) is 0 Å². The van der Waals surface area contributed by atoms with Gasteiger partial charge in [-0.3, -0.25) is 4.98 Å². The third-order valence-electron chi connectivity index (χ3n) is 2.31. The molecule has 0 amide bonds. The van der Waals surface area contributed by atoms with E-state index < -0.39 is 9.84 Å². The van der Waals surface area contributed by atoms with Crippen LogP contribution in [0.2, 0.25) is 0 Å². The molecule has 1 rings (SSSR count). The van der Waals surface area contributed by atoms with E-state index in [2.05, 4.69) is 4.98 Å². The Morgan fingerprint density at radius 1 is 1.41 bits per heavy atom. The summed E-state index contributed by atoms with van der Waals surface area (Å²) in [7, 11) is -3.07. The second-order valence-corrected chi connectivity index (χ2v) is 6.58. The maximum Gasteiger partial charge on any atom is 0.155 e. The molecule has 0 unspecified atom stereocenters. The van der Waals surface area contributed by atoms with Crippen LogP contribution in [-0.2, 0) is 16.4 Å². The number of ether oxygens (including phenoxy) is 1. The van der Waals surface area contributed by atoms with Gasteiger partial charge in [0.15, 0.2) is 9.84 Å². The molecular formula is C11H17NO4S. The summed E-state index contributed by atoms with van der Waals surface area (Å²) in [6.07, 6.45) is 1.47. The fraction of sp³-hybridized carbons (Fsp3) is 0.545. The Morgan fingerprint density at radius 3 is 2.59 bits per heavy atom. The molecule has 0 saturated heterocycles. The average Bonchev–Trinajstić information content (AvgIpc) is 2.29. The summed E-state index contributed by atoms with van der Waals surface area (Å²) < 4.78 is 28.3. The van der Waals surface area contributed by atoms with Gasteiger partial charge in [0.25, 0.3) is 0 Å². The van der Waals surface area contributed by atoms with Gasteiger partial charge in [0.05, 0.1) is 29.5 Å². The zero-order valence-electron chi connectivity index (χ0n) is 9.96. The van der Waals surface area contributed by atoms with E-state index in [0.717, 1.165) is 0 Å². The van der Waals surface area contributed by atoms with Crippen LogP contribution in [0.15, 0.2) is 18.3 Å². The molecule has 0 aromatic carbocycles. The zero-order valence-corrected chi connectivity index (χ0v) is 10.8. The van der Waals surface area contributed by atoms with E-state index in [1.807, 2.05) is 0 Å². The number of hydrogen-bond acceptors (Lipinski definition) is 5. The summed E-state index contributed by atoms with van der Waals surface area (Å²) in [5.41, 5.74) is 0.548. The summed E-state index contributed by atoms with van der Waals surface area (Å²) in [6.45, 7) is 3.28. The summed E-state index contributed by atoms with van der Waals surface area (Å²) in [5.74, 6) is 0.494. The van der Waals surface area contributed by atoms with E-state index >= 15 is 0 Å². The van der Waals surface area contributed by atoms with Crippen molar-refractivity contribution in [3.8, 4) is 5.75 Å². The Morgan fingerprint density at radius 2 is 2.12 bits per heavy atom. The van der Waals surface area contributed by atoms with Crippen molar-refractivity contribution in [1.82, 2.24) is 4.98 Å². The molecule has 1 aromatic heterocycles. The first-order chi connectivity index (χ1) is 7.95. The van der Waals surface area contributed by atoms with Crippen molar-refractivity contribution in [2.45, 2.75) is 25.7 Å². The van der Waals surface area contributed by atoms with Gasteiger partial charge < -0.3 is 9.84 Å². The molecule has 0 radical (unpaired) electrons. The van der Waals surface area contributed by atoms with Crippen molar-refractivity contribution in [1.29, 1.82) is 0 Å². The molecule has 0 aliphatic heterocycles. The quantitative estimate of drug-likeness (QED) is 0.816. The molecule has 6 heteroatoms. The van der Waals surface area contributed by atoms with Crippen LogP contribution in [0.4, 0.5) is 0 Å². The fourth-order valence-electron chi connectivity index (χ4n) is 1.10. The number of pyridine rings is 1. The molecule has 96 valence electrons. The van der Waals surface area contributed by atoms with E-state index in [-0.39, 0.29) is 24.2 Å². The molecule has 0 bridgehead atoms. The molecule has 17 heavy (non-hydrogen) atoms. The normalized spacial score (nSPS) is 11.8. The zero-order chi connectivity index (χ0) is 12.9. The minimum absolute atomic E-state index is 0.00752. The largest absolute Gasteiger partial charge is 0.491 e. The molecule has 0 aliphatic rings. The van der Waals surface area contributed by atoms with Crippen LogP contribution in [-0.4, -0.2) is 36.1 Å². The van der Waals surface area contributed by atoms with Gasteiger partial charge in [-0.15, -0.1) is 0 Å². The molecule has 1 aromatic rings. The van der Waals surface area contributed by atoms with Crippen LogP contribution in [0.5, 0.6) is 5.75 Å². The van der Waals surface area contributed by atoms with Crippen LogP contribution in [0.25, 0.3) is 0 Å². The third kappa shape index (κ3) is 4.32. The molecule has 1 N–H and O–H groups in total. The number of rotatable bonds is 6. The van der Waals surface area contributed by atoms with E-state index in [1.165, 1.54) is 6.20 Å². The maximum absolute atomic E-state index is 11.5. The first kappa shape index (κ1) is 13.9. The van der Waals surface area contributed by atoms with Crippen LogP contribution in [0, 0.1) is 0 Å². The van der Waals surface area contributed by atoms with Gasteiger partial charge >= 0.3 is 0 Å². The van der Waals surface area contributed by atoms with Gasteiger partial charge in [0.2, 0.25) is 0 Å². The van der Waals surface area contributed by atoms with E-state index in [4.69, 9.17) is 9.84 Å². The van der Waals surface area contributed by atoms with Gasteiger partial charge in [-0.1, -0.05) is 0 Å². The van der Waals surface area contributed by atoms with E-state index in [9.17, 15) is 8.42 Å². The summed E-state index contributed by atoms with van der Waals surface area (Å²) in [5, 5.41) is 8.40. The number of aliphatic hydroxyl groups excluding tert-OH is 1. The monoisotopic (exact) mass is 259 g/mol. The highest BCUT2D eigenvalue weighted by molar-refractivity contribution is 7.91. The Labute approximate surface area is 101 Å². The van der Waals surface area contributed by atoms with Crippen LogP contribution in [0.3, 0.4) is 0 Å². The summed E-state index contributed by atoms with van der Waals surface area (Å²) in [6, 6.07) is 3.28. The fourth-order valence-corrected chi connectivity index (χ4v) is 1.89. The second-order valence-electron chi connectivity index (χ2n) is 3.91. The van der Waals surface area contributed by atoms with Crippen molar-refractivity contribution in [2.75, 3.05) is 12.4 Å². The SMILES string of the molecule is CC(C)S(=O)(=O)CCOc1ccc(CO)nc1. The first-order valence-electron chi connectivity index (χ1n) is 5.36. The lowest BCUT2D eigenvalue weighted by molar-refractivity contribution is 0.276. The third-order valence-corrected chi connectivity index (χ3v) is 4.49. The van der Waals surface area contributed by atoms with Gasteiger partial charge in [0.1, 0.15) is 12.4 Å². The lowest BCUT2D eigenvalue weighted by Gasteiger charge is -2.09. The molecule has 5 nitrogen and oxygen atoms in total. The van der Waals surface area contributed by atoms with Crippen LogP contribution < -0.4 is 4.74 Å². The van der Waals surface area contributed by atoms with E-state index in [1.54, 1.807) is 26.0 Å².